The van der Waals surface area contributed by atoms with Crippen LogP contribution in [0, 0.1) is 0 Å². The minimum absolute atomic E-state index is 0.0939. The van der Waals surface area contributed by atoms with E-state index in [1.807, 2.05) is 0 Å². The van der Waals surface area contributed by atoms with Gasteiger partial charge in [0.25, 0.3) is 5.91 Å². The van der Waals surface area contributed by atoms with E-state index in [-0.39, 0.29) is 11.4 Å². The number of nitrogens with one attached hydrogen (secondary N) is 1. The van der Waals surface area contributed by atoms with Gasteiger partial charge in [0.1, 0.15) is 5.54 Å². The molecule has 1 saturated carbocycles. The van der Waals surface area contributed by atoms with Crippen LogP contribution in [0.5, 0.6) is 0 Å². The maximum absolute atomic E-state index is 12.2. The number of guanidine groups is 1. The third kappa shape index (κ3) is 1.92. The molecule has 6 heteroatoms. The van der Waals surface area contributed by atoms with Crippen LogP contribution in [0.25, 0.3) is 0 Å². The highest BCUT2D eigenvalue weighted by Crippen LogP contribution is 2.49. The largest absolute Gasteiger partial charge is 0.371 e. The molecule has 0 bridgehead atoms. The Morgan fingerprint density at radius 1 is 1.17 bits per heavy atom. The van der Waals surface area contributed by atoms with E-state index in [4.69, 9.17) is 16.6 Å². The van der Waals surface area contributed by atoms with Crippen molar-refractivity contribution in [2.75, 3.05) is 18.0 Å². The zero-order chi connectivity index (χ0) is 15.6. The summed E-state index contributed by atoms with van der Waals surface area (Å²) in [5, 5.41) is 3.71. The van der Waals surface area contributed by atoms with Gasteiger partial charge in [-0.2, -0.15) is 0 Å². The van der Waals surface area contributed by atoms with Crippen LogP contribution in [0.3, 0.4) is 0 Å². The highest BCUT2D eigenvalue weighted by molar-refractivity contribution is 6.32. The van der Waals surface area contributed by atoms with Crippen LogP contribution in [0.1, 0.15) is 37.7 Å². The summed E-state index contributed by atoms with van der Waals surface area (Å²) in [5.41, 5.74) is 2.75. The number of anilines is 1. The van der Waals surface area contributed by atoms with E-state index in [2.05, 4.69) is 27.2 Å². The van der Waals surface area contributed by atoms with Gasteiger partial charge in [0.2, 0.25) is 5.96 Å². The normalized spacial score (nSPS) is 24.2. The van der Waals surface area contributed by atoms with Crippen LogP contribution in [0.15, 0.2) is 17.1 Å². The van der Waals surface area contributed by atoms with Gasteiger partial charge < -0.3 is 9.80 Å². The van der Waals surface area contributed by atoms with E-state index in [1.54, 1.807) is 0 Å². The summed E-state index contributed by atoms with van der Waals surface area (Å²) in [6.45, 7) is 2.83. The molecule has 3 fully saturated rings. The fraction of sp³-hybridized carbons (Fsp3) is 0.529. The predicted molar refractivity (Wildman–Crippen MR) is 90.3 cm³/mol. The molecule has 0 unspecified atom stereocenters. The first kappa shape index (κ1) is 13.7. The molecule has 1 aliphatic carbocycles. The Kier molecular flexibility index (Phi) is 2.75. The van der Waals surface area contributed by atoms with E-state index >= 15 is 0 Å². The molecular weight excluding hydrogens is 312 g/mol. The quantitative estimate of drug-likeness (QED) is 0.861. The lowest BCUT2D eigenvalue weighted by molar-refractivity contribution is -0.122. The first-order chi connectivity index (χ1) is 11.2. The van der Waals surface area contributed by atoms with Gasteiger partial charge in [-0.25, -0.2) is 4.99 Å². The van der Waals surface area contributed by atoms with Crippen molar-refractivity contribution in [2.45, 2.75) is 44.2 Å². The molecule has 1 amide bonds. The van der Waals surface area contributed by atoms with Crippen molar-refractivity contribution < 1.29 is 4.79 Å². The van der Waals surface area contributed by atoms with E-state index in [0.29, 0.717) is 12.5 Å². The van der Waals surface area contributed by atoms with Crippen LogP contribution >= 0.6 is 11.6 Å². The lowest BCUT2D eigenvalue weighted by atomic mass is 10.1. The fourth-order valence-corrected chi connectivity index (χ4v) is 4.28. The SMILES string of the molecule is O=C1NC2=Nc3cc(N4CCCCC4)cc(Cl)c3CN2C12CC2. The van der Waals surface area contributed by atoms with Crippen LogP contribution < -0.4 is 10.2 Å². The molecule has 0 atom stereocenters. The smallest absolute Gasteiger partial charge is 0.252 e. The summed E-state index contributed by atoms with van der Waals surface area (Å²) in [6, 6.07) is 4.19. The average Bonchev–Trinajstić information content (AvgIpc) is 3.32. The van der Waals surface area contributed by atoms with Crippen molar-refractivity contribution in [3.63, 3.8) is 0 Å². The van der Waals surface area contributed by atoms with Crippen molar-refractivity contribution >= 4 is 34.8 Å². The summed E-state index contributed by atoms with van der Waals surface area (Å²) in [4.78, 5) is 21.4. The Hall–Kier alpha value is -1.75. The minimum Gasteiger partial charge on any atom is -0.371 e. The van der Waals surface area contributed by atoms with Gasteiger partial charge in [0, 0.05) is 29.4 Å². The summed E-state index contributed by atoms with van der Waals surface area (Å²) in [5.74, 6) is 0.795. The number of rotatable bonds is 1. The standard InChI is InChI=1S/C17H19ClN4O/c18-13-8-11(21-6-2-1-3-7-21)9-14-12(13)10-22-16(19-14)20-15(23)17(22)4-5-17/h8-9H,1-7,10H2,(H,19,20,23). The average molecular weight is 331 g/mol. The predicted octanol–water partition coefficient (Wildman–Crippen LogP) is 2.80. The summed E-state index contributed by atoms with van der Waals surface area (Å²) >= 11 is 6.58. The number of hydrogen-bond acceptors (Lipinski definition) is 4. The van der Waals surface area contributed by atoms with Crippen LogP contribution in [0.4, 0.5) is 11.4 Å². The fourth-order valence-electron chi connectivity index (χ4n) is 4.01. The Morgan fingerprint density at radius 2 is 1.96 bits per heavy atom. The van der Waals surface area contributed by atoms with E-state index < -0.39 is 0 Å². The zero-order valence-corrected chi connectivity index (χ0v) is 13.7. The second kappa shape index (κ2) is 4.63. The molecule has 3 aliphatic heterocycles. The van der Waals surface area contributed by atoms with Gasteiger partial charge in [-0.1, -0.05) is 11.6 Å². The van der Waals surface area contributed by atoms with Crippen molar-refractivity contribution in [1.82, 2.24) is 10.2 Å². The van der Waals surface area contributed by atoms with Crippen molar-refractivity contribution in [3.8, 4) is 0 Å². The number of halogens is 1. The van der Waals surface area contributed by atoms with Crippen LogP contribution in [-0.2, 0) is 11.3 Å². The number of benzene rings is 1. The number of aliphatic imine (C=N–C) groups is 1. The summed E-state index contributed by atoms with van der Waals surface area (Å²) < 4.78 is 0. The third-order valence-corrected chi connectivity index (χ3v) is 5.90. The van der Waals surface area contributed by atoms with Gasteiger partial charge in [0.05, 0.1) is 12.2 Å². The lowest BCUT2D eigenvalue weighted by Gasteiger charge is -2.32. The number of hydrogen-bond donors (Lipinski definition) is 1. The Morgan fingerprint density at radius 3 is 2.70 bits per heavy atom. The summed E-state index contributed by atoms with van der Waals surface area (Å²) in [7, 11) is 0. The molecule has 1 aromatic carbocycles. The molecular formula is C17H19ClN4O. The number of fused-ring (bicyclic) bond motifs is 3. The van der Waals surface area contributed by atoms with E-state index in [0.717, 1.165) is 47.9 Å². The molecule has 1 spiro atoms. The number of carbonyl (C=O) groups is 1. The number of carbonyl (C=O) groups excluding carboxylic acids is 1. The zero-order valence-electron chi connectivity index (χ0n) is 12.9. The Bertz CT molecular complexity index is 734. The van der Waals surface area contributed by atoms with E-state index in [9.17, 15) is 4.79 Å². The molecule has 23 heavy (non-hydrogen) atoms. The summed E-state index contributed by atoms with van der Waals surface area (Å²) in [6.07, 6.45) is 5.60. The molecule has 2 saturated heterocycles. The van der Waals surface area contributed by atoms with E-state index in [1.165, 1.54) is 19.3 Å². The molecule has 5 rings (SSSR count). The molecule has 5 nitrogen and oxygen atoms in total. The molecule has 1 N–H and O–H groups in total. The molecule has 0 aromatic heterocycles. The number of piperidine rings is 1. The van der Waals surface area contributed by atoms with Crippen molar-refractivity contribution in [1.29, 1.82) is 0 Å². The van der Waals surface area contributed by atoms with Gasteiger partial charge in [0.15, 0.2) is 0 Å². The highest BCUT2D eigenvalue weighted by atomic mass is 35.5. The maximum Gasteiger partial charge on any atom is 0.252 e. The first-order valence-electron chi connectivity index (χ1n) is 8.43. The monoisotopic (exact) mass is 330 g/mol. The van der Waals surface area contributed by atoms with Gasteiger partial charge in [-0.05, 0) is 44.2 Å². The Labute approximate surface area is 140 Å². The minimum atomic E-state index is -0.342. The number of nitrogens with zero attached hydrogens (tertiary/aromatic N) is 3. The Balaban J connectivity index is 1.54. The third-order valence-electron chi connectivity index (χ3n) is 5.56. The maximum atomic E-state index is 12.2. The van der Waals surface area contributed by atoms with Crippen LogP contribution in [0.2, 0.25) is 5.02 Å². The lowest BCUT2D eigenvalue weighted by Crippen LogP contribution is -2.38. The molecule has 3 heterocycles. The van der Waals surface area contributed by atoms with Crippen LogP contribution in [-0.4, -0.2) is 35.4 Å². The molecule has 1 aromatic rings. The van der Waals surface area contributed by atoms with Gasteiger partial charge >= 0.3 is 0 Å². The van der Waals surface area contributed by atoms with Crippen molar-refractivity contribution in [3.05, 3.63) is 22.7 Å². The molecule has 120 valence electrons. The van der Waals surface area contributed by atoms with Gasteiger partial charge in [-0.15, -0.1) is 0 Å². The second-order valence-corrected chi connectivity index (χ2v) is 7.39. The molecule has 0 radical (unpaired) electrons. The highest BCUT2D eigenvalue weighted by Gasteiger charge is 2.61. The topological polar surface area (TPSA) is 47.9 Å². The first-order valence-corrected chi connectivity index (χ1v) is 8.80. The van der Waals surface area contributed by atoms with Gasteiger partial charge in [-0.3, -0.25) is 10.1 Å². The number of amides is 1. The molecule has 4 aliphatic rings. The second-order valence-electron chi connectivity index (χ2n) is 6.98. The van der Waals surface area contributed by atoms with Crippen molar-refractivity contribution in [2.24, 2.45) is 4.99 Å².